The van der Waals surface area contributed by atoms with Gasteiger partial charge >= 0.3 is 0 Å². The van der Waals surface area contributed by atoms with Crippen LogP contribution in [0.25, 0.3) is 0 Å². The molecule has 0 spiro atoms. The van der Waals surface area contributed by atoms with E-state index in [1.807, 2.05) is 63.2 Å². The summed E-state index contributed by atoms with van der Waals surface area (Å²) in [6.07, 6.45) is 0. The van der Waals surface area contributed by atoms with Gasteiger partial charge in [-0.15, -0.1) is 0 Å². The van der Waals surface area contributed by atoms with Crippen molar-refractivity contribution in [1.29, 1.82) is 0 Å². The fourth-order valence-electron chi connectivity index (χ4n) is 3.69. The van der Waals surface area contributed by atoms with Crippen LogP contribution in [0.1, 0.15) is 16.7 Å². The Morgan fingerprint density at radius 3 is 1.75 bits per heavy atom. The van der Waals surface area contributed by atoms with Crippen molar-refractivity contribution in [2.24, 2.45) is 0 Å². The molecule has 0 saturated heterocycles. The lowest BCUT2D eigenvalue weighted by atomic mass is 10.1. The lowest BCUT2D eigenvalue weighted by molar-refractivity contribution is 0.448. The standard InChI is InChI=1S/C27H25NO4/c1-17-15-21(29)9-13-24(17)28(25-14-10-22(30)16-18(25)2)20-7-11-23(12-8-20)32-27-6-4-5-26(31)19(27)3/h4-16,29-31H,1-3H3. The molecule has 0 fully saturated rings. The molecule has 5 nitrogen and oxygen atoms in total. The molecule has 0 amide bonds. The van der Waals surface area contributed by atoms with Gasteiger partial charge in [-0.2, -0.15) is 0 Å². The molecule has 0 radical (unpaired) electrons. The molecule has 0 aliphatic rings. The van der Waals surface area contributed by atoms with Crippen LogP contribution in [0.3, 0.4) is 0 Å². The zero-order chi connectivity index (χ0) is 22.8. The summed E-state index contributed by atoms with van der Waals surface area (Å²) < 4.78 is 5.97. The first-order valence-electron chi connectivity index (χ1n) is 10.3. The molecule has 0 aliphatic carbocycles. The number of aryl methyl sites for hydroxylation is 2. The van der Waals surface area contributed by atoms with Gasteiger partial charge in [0, 0.05) is 22.6 Å². The van der Waals surface area contributed by atoms with Crippen molar-refractivity contribution >= 4 is 17.1 Å². The van der Waals surface area contributed by atoms with E-state index in [2.05, 4.69) is 4.90 Å². The van der Waals surface area contributed by atoms with Crippen LogP contribution >= 0.6 is 0 Å². The number of phenolic OH excluding ortho intramolecular Hbond substituents is 3. The van der Waals surface area contributed by atoms with E-state index < -0.39 is 0 Å². The van der Waals surface area contributed by atoms with E-state index >= 15 is 0 Å². The fraction of sp³-hybridized carbons (Fsp3) is 0.111. The molecular weight excluding hydrogens is 402 g/mol. The Kier molecular flexibility index (Phi) is 5.65. The summed E-state index contributed by atoms with van der Waals surface area (Å²) in [6, 6.07) is 23.3. The Morgan fingerprint density at radius 2 is 1.22 bits per heavy atom. The first-order chi connectivity index (χ1) is 15.3. The zero-order valence-corrected chi connectivity index (χ0v) is 18.2. The van der Waals surface area contributed by atoms with Crippen molar-refractivity contribution in [2.45, 2.75) is 20.8 Å². The second kappa shape index (κ2) is 8.55. The Balaban J connectivity index is 1.75. The van der Waals surface area contributed by atoms with Crippen molar-refractivity contribution in [2.75, 3.05) is 4.90 Å². The molecular formula is C27H25NO4. The van der Waals surface area contributed by atoms with Gasteiger partial charge in [0.25, 0.3) is 0 Å². The number of rotatable bonds is 5. The van der Waals surface area contributed by atoms with Gasteiger partial charge in [0.15, 0.2) is 0 Å². The monoisotopic (exact) mass is 427 g/mol. The molecule has 162 valence electrons. The maximum absolute atomic E-state index is 9.92. The third kappa shape index (κ3) is 4.18. The quantitative estimate of drug-likeness (QED) is 0.320. The van der Waals surface area contributed by atoms with E-state index in [0.717, 1.165) is 28.2 Å². The molecule has 0 saturated carbocycles. The molecule has 4 rings (SSSR count). The van der Waals surface area contributed by atoms with E-state index in [1.54, 1.807) is 36.4 Å². The zero-order valence-electron chi connectivity index (χ0n) is 18.2. The Morgan fingerprint density at radius 1 is 0.656 bits per heavy atom. The van der Waals surface area contributed by atoms with Gasteiger partial charge in [-0.25, -0.2) is 0 Å². The van der Waals surface area contributed by atoms with Gasteiger partial charge in [-0.3, -0.25) is 0 Å². The minimum Gasteiger partial charge on any atom is -0.508 e. The topological polar surface area (TPSA) is 73.2 Å². The summed E-state index contributed by atoms with van der Waals surface area (Å²) in [5.74, 6) is 1.85. The highest BCUT2D eigenvalue weighted by Crippen LogP contribution is 2.41. The number of hydrogen-bond donors (Lipinski definition) is 3. The summed E-state index contributed by atoms with van der Waals surface area (Å²) in [4.78, 5) is 2.08. The van der Waals surface area contributed by atoms with Crippen LogP contribution in [0, 0.1) is 20.8 Å². The molecule has 0 aliphatic heterocycles. The summed E-state index contributed by atoms with van der Waals surface area (Å²) in [5, 5.41) is 29.7. The largest absolute Gasteiger partial charge is 0.508 e. The number of phenols is 3. The number of hydrogen-bond acceptors (Lipinski definition) is 5. The Hall–Kier alpha value is -4.12. The van der Waals surface area contributed by atoms with Crippen LogP contribution in [0.4, 0.5) is 17.1 Å². The van der Waals surface area contributed by atoms with E-state index in [9.17, 15) is 15.3 Å². The highest BCUT2D eigenvalue weighted by atomic mass is 16.5. The lowest BCUT2D eigenvalue weighted by Crippen LogP contribution is -2.12. The molecule has 0 atom stereocenters. The lowest BCUT2D eigenvalue weighted by Gasteiger charge is -2.28. The first-order valence-corrected chi connectivity index (χ1v) is 10.3. The summed E-state index contributed by atoms with van der Waals surface area (Å²) in [7, 11) is 0. The fourth-order valence-corrected chi connectivity index (χ4v) is 3.69. The number of aromatic hydroxyl groups is 3. The normalized spacial score (nSPS) is 10.7. The Bertz CT molecular complexity index is 1210. The average Bonchev–Trinajstić information content (AvgIpc) is 2.75. The number of benzene rings is 4. The number of anilines is 3. The smallest absolute Gasteiger partial charge is 0.134 e. The van der Waals surface area contributed by atoms with Crippen LogP contribution in [0.2, 0.25) is 0 Å². The molecule has 3 N–H and O–H groups in total. The molecule has 4 aromatic carbocycles. The van der Waals surface area contributed by atoms with Crippen LogP contribution in [-0.4, -0.2) is 15.3 Å². The Labute approximate surface area is 187 Å². The highest BCUT2D eigenvalue weighted by Gasteiger charge is 2.17. The van der Waals surface area contributed by atoms with E-state index in [0.29, 0.717) is 17.1 Å². The van der Waals surface area contributed by atoms with E-state index in [4.69, 9.17) is 4.74 Å². The van der Waals surface area contributed by atoms with Crippen molar-refractivity contribution in [1.82, 2.24) is 0 Å². The molecule has 0 bridgehead atoms. The summed E-state index contributed by atoms with van der Waals surface area (Å²) >= 11 is 0. The van der Waals surface area contributed by atoms with Crippen LogP contribution < -0.4 is 9.64 Å². The maximum atomic E-state index is 9.92. The van der Waals surface area contributed by atoms with Crippen molar-refractivity contribution in [3.05, 3.63) is 95.6 Å². The van der Waals surface area contributed by atoms with Gasteiger partial charge in [0.05, 0.1) is 0 Å². The maximum Gasteiger partial charge on any atom is 0.134 e. The molecule has 0 unspecified atom stereocenters. The molecule has 4 aromatic rings. The molecule has 0 heterocycles. The minimum absolute atomic E-state index is 0.191. The van der Waals surface area contributed by atoms with E-state index in [1.165, 1.54) is 0 Å². The van der Waals surface area contributed by atoms with Gasteiger partial charge in [0.1, 0.15) is 28.7 Å². The van der Waals surface area contributed by atoms with Crippen LogP contribution in [0.15, 0.2) is 78.9 Å². The van der Waals surface area contributed by atoms with Gasteiger partial charge in [-0.05, 0) is 105 Å². The number of ether oxygens (including phenoxy) is 1. The van der Waals surface area contributed by atoms with Crippen molar-refractivity contribution in [3.8, 4) is 28.7 Å². The second-order valence-corrected chi connectivity index (χ2v) is 7.77. The van der Waals surface area contributed by atoms with Crippen molar-refractivity contribution in [3.63, 3.8) is 0 Å². The third-order valence-electron chi connectivity index (χ3n) is 5.42. The van der Waals surface area contributed by atoms with Crippen LogP contribution in [-0.2, 0) is 0 Å². The average molecular weight is 428 g/mol. The van der Waals surface area contributed by atoms with Crippen LogP contribution in [0.5, 0.6) is 28.7 Å². The third-order valence-corrected chi connectivity index (χ3v) is 5.42. The second-order valence-electron chi connectivity index (χ2n) is 7.77. The number of nitrogens with zero attached hydrogens (tertiary/aromatic N) is 1. The SMILES string of the molecule is Cc1cc(O)ccc1N(c1ccc(Oc2cccc(O)c2C)cc1)c1ccc(O)cc1C. The molecule has 32 heavy (non-hydrogen) atoms. The van der Waals surface area contributed by atoms with Crippen molar-refractivity contribution < 1.29 is 20.1 Å². The van der Waals surface area contributed by atoms with Gasteiger partial charge in [0.2, 0.25) is 0 Å². The van der Waals surface area contributed by atoms with E-state index in [-0.39, 0.29) is 17.2 Å². The summed E-state index contributed by atoms with van der Waals surface area (Å²) in [5.41, 5.74) is 5.22. The highest BCUT2D eigenvalue weighted by molar-refractivity contribution is 5.80. The van der Waals surface area contributed by atoms with Gasteiger partial charge < -0.3 is 25.0 Å². The predicted octanol–water partition coefficient (Wildman–Crippen LogP) is 6.99. The first kappa shape index (κ1) is 21.1. The van der Waals surface area contributed by atoms with Gasteiger partial charge in [-0.1, -0.05) is 6.07 Å². The minimum atomic E-state index is 0.191. The predicted molar refractivity (Wildman–Crippen MR) is 127 cm³/mol. The molecule has 0 aromatic heterocycles. The molecule has 5 heteroatoms. The summed E-state index contributed by atoms with van der Waals surface area (Å²) in [6.45, 7) is 5.70.